The zero-order valence-electron chi connectivity index (χ0n) is 58.7. The summed E-state index contributed by atoms with van der Waals surface area (Å²) in [6.45, 7) is 2.93. The summed E-state index contributed by atoms with van der Waals surface area (Å²) in [4.78, 5) is 111. The van der Waals surface area contributed by atoms with Crippen molar-refractivity contribution in [2.24, 2.45) is 0 Å². The minimum Gasteiger partial charge on any atom is -0.491 e. The minimum atomic E-state index is -4.62. The third-order valence-electron chi connectivity index (χ3n) is 14.8. The number of aliphatic carboxylic acids is 1. The van der Waals surface area contributed by atoms with Crippen molar-refractivity contribution in [2.75, 3.05) is 137 Å². The number of carbonyl (C=O) groups is 7. The predicted molar refractivity (Wildman–Crippen MR) is 372 cm³/mol. The lowest BCUT2D eigenvalue weighted by atomic mass is 10.0. The number of ketones is 1. The molecule has 32 heteroatoms. The lowest BCUT2D eigenvalue weighted by Gasteiger charge is -2.21. The molecule has 1 heterocycles. The number of hydrogen-bond acceptors (Lipinski definition) is 23. The average molecular weight is 1470 g/mol. The Bertz CT molecular complexity index is 3000. The number of nitrogens with zero attached hydrogens (tertiary/aromatic N) is 1. The van der Waals surface area contributed by atoms with Crippen molar-refractivity contribution in [1.29, 1.82) is 0 Å². The Morgan fingerprint density at radius 1 is 0.634 bits per heavy atom. The monoisotopic (exact) mass is 1470 g/mol. The molecule has 30 nitrogen and oxygen atoms in total. The number of Topliss-reactive ketones (excluding diaryl/α,β-unsaturated/α-hetero) is 1. The van der Waals surface area contributed by atoms with E-state index in [0.717, 1.165) is 19.3 Å². The fourth-order valence-electron chi connectivity index (χ4n) is 9.82. The number of nitrogens with one attached hydrogen (secondary N) is 4. The molecule has 101 heavy (non-hydrogen) atoms. The molecule has 0 radical (unpaired) electrons. The van der Waals surface area contributed by atoms with Crippen LogP contribution >= 0.6 is 19.4 Å². The zero-order valence-corrected chi connectivity index (χ0v) is 60.3. The summed E-state index contributed by atoms with van der Waals surface area (Å²) >= 11 is 6.55. The molecule has 0 saturated carbocycles. The van der Waals surface area contributed by atoms with Crippen LogP contribution in [0.25, 0.3) is 0 Å². The number of amides is 4. The second-order valence-corrected chi connectivity index (χ2v) is 25.3. The van der Waals surface area contributed by atoms with Gasteiger partial charge in [0.05, 0.1) is 91.7 Å². The zero-order chi connectivity index (χ0) is 73.7. The van der Waals surface area contributed by atoms with Gasteiger partial charge in [-0.05, 0) is 49.6 Å². The molecule has 3 atom stereocenters. The van der Waals surface area contributed by atoms with Crippen molar-refractivity contribution < 1.29 is 115 Å². The molecule has 0 bridgehead atoms. The molecule has 0 saturated heterocycles. The predicted octanol–water partition coefficient (Wildman–Crippen LogP) is 7.85. The molecule has 0 aliphatic heterocycles. The molecule has 0 aliphatic rings. The molecular formula is C69H107ClN5O25P. The number of aryl methyl sites for hydroxylation is 1. The van der Waals surface area contributed by atoms with E-state index in [1.54, 1.807) is 43.3 Å². The Morgan fingerprint density at radius 2 is 1.22 bits per heavy atom. The van der Waals surface area contributed by atoms with Crippen LogP contribution in [0.3, 0.4) is 0 Å². The number of aromatic nitrogens is 1. The molecule has 1 aromatic heterocycles. The van der Waals surface area contributed by atoms with E-state index in [4.69, 9.17) is 68.0 Å². The van der Waals surface area contributed by atoms with Crippen LogP contribution in [0.2, 0.25) is 5.02 Å². The number of benzene rings is 2. The van der Waals surface area contributed by atoms with Crippen LogP contribution in [-0.2, 0) is 82.1 Å². The highest BCUT2D eigenvalue weighted by Crippen LogP contribution is 2.43. The molecule has 3 aromatic rings. The number of aliphatic hydroxyl groups is 2. The van der Waals surface area contributed by atoms with Gasteiger partial charge in [0.2, 0.25) is 11.8 Å². The van der Waals surface area contributed by atoms with E-state index in [9.17, 15) is 63.1 Å². The number of aliphatic hydroxyl groups excluding tert-OH is 2. The molecule has 8 N–H and O–H groups in total. The maximum absolute atomic E-state index is 14.2. The number of carboxylic acid groups (broad SMARTS) is 1. The number of carbonyl (C=O) groups excluding carboxylic acids is 6. The van der Waals surface area contributed by atoms with E-state index in [-0.39, 0.29) is 160 Å². The van der Waals surface area contributed by atoms with E-state index in [0.29, 0.717) is 34.6 Å². The molecular weight excluding hydrogens is 1370 g/mol. The van der Waals surface area contributed by atoms with E-state index in [2.05, 4.69) is 28.2 Å². The van der Waals surface area contributed by atoms with Crippen LogP contribution in [0.5, 0.6) is 17.2 Å². The molecule has 1 unspecified atom stereocenters. The van der Waals surface area contributed by atoms with Crippen molar-refractivity contribution in [3.63, 3.8) is 0 Å². The first-order valence-corrected chi connectivity index (χ1v) is 36.5. The van der Waals surface area contributed by atoms with E-state index >= 15 is 0 Å². The Morgan fingerprint density at radius 3 is 1.83 bits per heavy atom. The quantitative estimate of drug-likeness (QED) is 0.0151. The van der Waals surface area contributed by atoms with Crippen LogP contribution in [0, 0.1) is 6.92 Å². The van der Waals surface area contributed by atoms with Crippen LogP contribution in [-0.4, -0.2) is 204 Å². The van der Waals surface area contributed by atoms with Crippen LogP contribution in [0.4, 0.5) is 10.5 Å². The van der Waals surface area contributed by atoms with E-state index in [1.165, 1.54) is 94.4 Å². The molecule has 2 aromatic carbocycles. The Hall–Kier alpha value is -6.80. The minimum absolute atomic E-state index is 0.00351. The van der Waals surface area contributed by atoms with E-state index < -0.39 is 87.5 Å². The number of rotatable bonds is 62. The first-order chi connectivity index (χ1) is 48.7. The summed E-state index contributed by atoms with van der Waals surface area (Å²) in [5.41, 5.74) is 0.208. The highest BCUT2D eigenvalue weighted by molar-refractivity contribution is 7.47. The van der Waals surface area contributed by atoms with Gasteiger partial charge in [0.1, 0.15) is 57.7 Å². The average Bonchev–Trinajstić information content (AvgIpc) is 0.792. The number of ether oxygens (including phenoxy) is 10. The number of anilines is 1. The SMILES string of the molecule is CCCCCCCCCCCCCCCCCC(=O)O[C@H](COC(C)=O)COP(=O)(O)OCCCC(=O)COCCOCCNC(=O)COCC(=O)NCCOCCOCCOc1c(C)cn(Cc2c(Cl)cccc2OCCO)c(=O)c1NC(=O)N[C@@H](CC(=O)O)c1cccc(OCCO)c1. The van der Waals surface area contributed by atoms with Gasteiger partial charge in [0, 0.05) is 55.2 Å². The highest BCUT2D eigenvalue weighted by atomic mass is 35.5. The number of carboxylic acids is 1. The number of halogens is 1. The number of hydrogen-bond donors (Lipinski definition) is 8. The van der Waals surface area contributed by atoms with Crippen molar-refractivity contribution >= 4 is 66.6 Å². The van der Waals surface area contributed by atoms with Crippen LogP contribution < -0.4 is 41.0 Å². The Labute approximate surface area is 596 Å². The summed E-state index contributed by atoms with van der Waals surface area (Å²) in [6, 6.07) is 9.18. The van der Waals surface area contributed by atoms with Crippen molar-refractivity contribution in [1.82, 2.24) is 20.5 Å². The third kappa shape index (κ3) is 42.4. The summed E-state index contributed by atoms with van der Waals surface area (Å²) < 4.78 is 78.4. The Kier molecular flexibility index (Phi) is 48.0. The number of urea groups is 1. The first-order valence-electron chi connectivity index (χ1n) is 34.6. The van der Waals surface area contributed by atoms with Crippen molar-refractivity contribution in [2.45, 2.75) is 161 Å². The van der Waals surface area contributed by atoms with Crippen molar-refractivity contribution in [3.8, 4) is 17.2 Å². The van der Waals surface area contributed by atoms with Crippen LogP contribution in [0.1, 0.15) is 159 Å². The molecule has 0 aliphatic carbocycles. The summed E-state index contributed by atoms with van der Waals surface area (Å²) in [5, 5.41) is 39.0. The molecule has 0 spiro atoms. The van der Waals surface area contributed by atoms with Gasteiger partial charge >= 0.3 is 31.8 Å². The van der Waals surface area contributed by atoms with Gasteiger partial charge in [-0.2, -0.15) is 0 Å². The van der Waals surface area contributed by atoms with Gasteiger partial charge < -0.3 is 93.4 Å². The second-order valence-electron chi connectivity index (χ2n) is 23.4. The number of esters is 2. The summed E-state index contributed by atoms with van der Waals surface area (Å²) in [7, 11) is -4.62. The highest BCUT2D eigenvalue weighted by Gasteiger charge is 2.27. The van der Waals surface area contributed by atoms with Crippen LogP contribution in [0.15, 0.2) is 53.5 Å². The molecule has 4 amide bonds. The number of phosphoric acid groups is 1. The van der Waals surface area contributed by atoms with Gasteiger partial charge in [-0.15, -0.1) is 0 Å². The third-order valence-corrected chi connectivity index (χ3v) is 16.2. The van der Waals surface area contributed by atoms with Crippen molar-refractivity contribution in [3.05, 3.63) is 80.7 Å². The lowest BCUT2D eigenvalue weighted by molar-refractivity contribution is -0.160. The fraction of sp³-hybridized carbons (Fsp3) is 0.652. The maximum Gasteiger partial charge on any atom is 0.472 e. The van der Waals surface area contributed by atoms with Gasteiger partial charge in [0.25, 0.3) is 5.56 Å². The molecule has 570 valence electrons. The lowest BCUT2D eigenvalue weighted by Crippen LogP contribution is -2.36. The largest absolute Gasteiger partial charge is 0.491 e. The second kappa shape index (κ2) is 54.8. The maximum atomic E-state index is 14.2. The molecule has 3 rings (SSSR count). The summed E-state index contributed by atoms with van der Waals surface area (Å²) in [5.74, 6) is -3.02. The van der Waals surface area contributed by atoms with Gasteiger partial charge in [-0.25, -0.2) is 9.36 Å². The number of unbranched alkanes of at least 4 members (excludes halogenated alkanes) is 14. The smallest absolute Gasteiger partial charge is 0.472 e. The summed E-state index contributed by atoms with van der Waals surface area (Å²) in [6.07, 6.45) is 17.8. The topological polar surface area (TPSA) is 398 Å². The van der Waals surface area contributed by atoms with Gasteiger partial charge in [-0.1, -0.05) is 127 Å². The fourth-order valence-corrected chi connectivity index (χ4v) is 10.8. The number of pyridine rings is 1. The standard InChI is InChI=1S/C69H107ClN5O25P/c1-4-5-6-7-8-9-10-11-12-13-14-15-16-17-18-27-65(84)100-57(48-97-53(3)78)49-99-101(87,88)98-32-21-23-55(79)47-92-40-39-90-34-29-72-63(81)51-93-50-62(80)71-28-33-89-37-38-91-41-42-96-67-52(2)45-75(46-58-59(70)25-20-26-61(58)95-36-31-77)68(85)66(67)74-69(86)73-60(44-64(82)83)54-22-19-24-56(43-54)94-35-30-76/h19-20,22,24-26,43,45,57,60,76-77H,4-18,21,23,27-42,44,46-51H2,1-3H3,(H,71,80)(H,72,81)(H,82,83)(H,87,88)(H2,73,74,86)/t57-,60+/m1/s1. The first kappa shape index (κ1) is 88.4. The van der Waals surface area contributed by atoms with Gasteiger partial charge in [0.15, 0.2) is 23.3 Å². The van der Waals surface area contributed by atoms with E-state index in [1.807, 2.05) is 0 Å². The van der Waals surface area contributed by atoms with Gasteiger partial charge in [-0.3, -0.25) is 42.6 Å². The molecule has 0 fully saturated rings. The number of phosphoric ester groups is 1. The Balaban J connectivity index is 1.25. The normalized spacial score (nSPS) is 12.4.